The summed E-state index contributed by atoms with van der Waals surface area (Å²) in [7, 11) is 1.10. The van der Waals surface area contributed by atoms with Crippen LogP contribution in [0.4, 0.5) is 0 Å². The van der Waals surface area contributed by atoms with Crippen molar-refractivity contribution in [3.63, 3.8) is 0 Å². The average Bonchev–Trinajstić information content (AvgIpc) is 3.20. The number of phosphoric ester groups is 1. The molecule has 0 fully saturated rings. The fourth-order valence-electron chi connectivity index (χ4n) is 5.79. The molecule has 0 radical (unpaired) electrons. The molecule has 9 nitrogen and oxygen atoms in total. The number of hydrogen-bond donors (Lipinski definition) is 0. The SMILES string of the molecule is CC/C=C/C/C=C/C/C=C/C/C=C/C/C=C/C/C=C/CCC(=O)O[C@H](COC(=O)CCCCCCCCC/C=C/CCCCCCCC)COP(=O)([O-])OCC[N+](C)(C)C. The molecule has 2 atom stereocenters. The number of allylic oxidation sites excluding steroid dienone is 14. The van der Waals surface area contributed by atoms with Crippen molar-refractivity contribution >= 4 is 19.8 Å². The molecule has 344 valence electrons. The van der Waals surface area contributed by atoms with Gasteiger partial charge in [0.1, 0.15) is 19.8 Å². The number of hydrogen-bond acceptors (Lipinski definition) is 8. The Bertz CT molecular complexity index is 1290. The molecule has 0 N–H and O–H groups in total. The monoisotopic (exact) mass is 860 g/mol. The number of ether oxygens (including phenoxy) is 2. The predicted molar refractivity (Wildman–Crippen MR) is 249 cm³/mol. The van der Waals surface area contributed by atoms with Crippen LogP contribution in [-0.4, -0.2) is 70.0 Å². The number of quaternary nitrogens is 1. The maximum absolute atomic E-state index is 12.7. The van der Waals surface area contributed by atoms with Crippen molar-refractivity contribution in [3.05, 3.63) is 85.1 Å². The Balaban J connectivity index is 4.47. The number of rotatable bonds is 41. The predicted octanol–water partition coefficient (Wildman–Crippen LogP) is 12.9. The summed E-state index contributed by atoms with van der Waals surface area (Å²) < 4.78 is 33.8. The lowest BCUT2D eigenvalue weighted by molar-refractivity contribution is -0.870. The average molecular weight is 860 g/mol. The van der Waals surface area contributed by atoms with Gasteiger partial charge in [-0.05, 0) is 77.0 Å². The molecule has 0 amide bonds. The first-order chi connectivity index (χ1) is 29.0. The van der Waals surface area contributed by atoms with Crippen LogP contribution in [0.2, 0.25) is 0 Å². The third-order valence-electron chi connectivity index (χ3n) is 9.41. The van der Waals surface area contributed by atoms with Crippen molar-refractivity contribution in [2.45, 2.75) is 174 Å². The molecule has 0 saturated carbocycles. The third kappa shape index (κ3) is 44.7. The van der Waals surface area contributed by atoms with Gasteiger partial charge in [-0.1, -0.05) is 163 Å². The zero-order valence-electron chi connectivity index (χ0n) is 38.6. The molecule has 0 aromatic rings. The van der Waals surface area contributed by atoms with Crippen LogP contribution in [-0.2, 0) is 32.7 Å². The van der Waals surface area contributed by atoms with Crippen LogP contribution in [0.3, 0.4) is 0 Å². The highest BCUT2D eigenvalue weighted by molar-refractivity contribution is 7.45. The first kappa shape index (κ1) is 57.2. The summed E-state index contributed by atoms with van der Waals surface area (Å²) in [5.41, 5.74) is 0. The highest BCUT2D eigenvalue weighted by atomic mass is 31.2. The van der Waals surface area contributed by atoms with Crippen molar-refractivity contribution in [3.8, 4) is 0 Å². The summed E-state index contributed by atoms with van der Waals surface area (Å²) in [6, 6.07) is 0. The maximum atomic E-state index is 12.7. The molecule has 0 rings (SSSR count). The molecule has 10 heteroatoms. The number of likely N-dealkylation sites (N-methyl/N-ethyl adjacent to an activating group) is 1. The van der Waals surface area contributed by atoms with Gasteiger partial charge < -0.3 is 27.9 Å². The van der Waals surface area contributed by atoms with Gasteiger partial charge in [-0.3, -0.25) is 14.2 Å². The number of carbonyl (C=O) groups excluding carboxylic acids is 2. The standard InChI is InChI=1S/C50H86NO8P/c1-6-8-10-12-14-16-18-20-22-24-25-27-29-31-33-35-37-39-41-43-50(53)59-48(47-58-60(54,55)57-45-44-51(3,4)5)46-56-49(52)42-40-38-36-34-32-30-28-26-23-21-19-17-15-13-11-9-7-2/h8,10,14,16,20-23,25,27,31,33,37,39,48H,6-7,9,11-13,15,17-19,24,26,28-30,32,34-36,38,40-47H2,1-5H3/b10-8+,16-14+,22-20+,23-21+,27-25+,33-31+,39-37+/t48-/m1/s1. The molecule has 0 aliphatic rings. The van der Waals surface area contributed by atoms with Crippen molar-refractivity contribution in [2.75, 3.05) is 47.5 Å². The first-order valence-corrected chi connectivity index (χ1v) is 24.8. The van der Waals surface area contributed by atoms with Crippen LogP contribution < -0.4 is 4.89 Å². The quantitative estimate of drug-likeness (QED) is 0.0196. The van der Waals surface area contributed by atoms with E-state index in [-0.39, 0.29) is 26.1 Å². The van der Waals surface area contributed by atoms with Gasteiger partial charge in [-0.2, -0.15) is 0 Å². The summed E-state index contributed by atoms with van der Waals surface area (Å²) >= 11 is 0. The number of phosphoric acid groups is 1. The summed E-state index contributed by atoms with van der Waals surface area (Å²) in [5, 5.41) is 0. The third-order valence-corrected chi connectivity index (χ3v) is 10.4. The summed E-state index contributed by atoms with van der Waals surface area (Å²) in [4.78, 5) is 37.6. The Labute approximate surface area is 367 Å². The Morgan fingerprint density at radius 1 is 0.533 bits per heavy atom. The van der Waals surface area contributed by atoms with E-state index in [0.717, 1.165) is 64.2 Å². The molecule has 0 aliphatic carbocycles. The lowest BCUT2D eigenvalue weighted by atomic mass is 10.1. The van der Waals surface area contributed by atoms with E-state index < -0.39 is 32.5 Å². The van der Waals surface area contributed by atoms with E-state index in [1.54, 1.807) is 0 Å². The van der Waals surface area contributed by atoms with Crippen molar-refractivity contribution in [1.29, 1.82) is 0 Å². The second-order valence-electron chi connectivity index (χ2n) is 16.4. The van der Waals surface area contributed by atoms with E-state index in [2.05, 4.69) is 86.8 Å². The van der Waals surface area contributed by atoms with Gasteiger partial charge >= 0.3 is 11.9 Å². The fraction of sp³-hybridized carbons (Fsp3) is 0.680. The molecule has 0 bridgehead atoms. The molecular weight excluding hydrogens is 774 g/mol. The highest BCUT2D eigenvalue weighted by Crippen LogP contribution is 2.38. The fourth-order valence-corrected chi connectivity index (χ4v) is 6.52. The minimum Gasteiger partial charge on any atom is -0.756 e. The van der Waals surface area contributed by atoms with Gasteiger partial charge in [0.15, 0.2) is 6.10 Å². The topological polar surface area (TPSA) is 111 Å². The maximum Gasteiger partial charge on any atom is 0.306 e. The summed E-state index contributed by atoms with van der Waals surface area (Å²) in [6.45, 7) is 4.00. The Kier molecular flexibility index (Phi) is 39.6. The second-order valence-corrected chi connectivity index (χ2v) is 17.8. The van der Waals surface area contributed by atoms with Crippen LogP contribution in [0, 0.1) is 0 Å². The second kappa shape index (κ2) is 41.5. The minimum atomic E-state index is -4.65. The van der Waals surface area contributed by atoms with Crippen LogP contribution in [0.1, 0.15) is 168 Å². The van der Waals surface area contributed by atoms with Crippen LogP contribution in [0.25, 0.3) is 0 Å². The van der Waals surface area contributed by atoms with Gasteiger partial charge in [0, 0.05) is 12.8 Å². The van der Waals surface area contributed by atoms with E-state index in [1.807, 2.05) is 33.3 Å². The molecule has 60 heavy (non-hydrogen) atoms. The van der Waals surface area contributed by atoms with E-state index in [1.165, 1.54) is 64.2 Å². The molecule has 0 aromatic heterocycles. The molecule has 0 saturated heterocycles. The minimum absolute atomic E-state index is 0.0492. The number of carbonyl (C=O) groups is 2. The lowest BCUT2D eigenvalue weighted by Crippen LogP contribution is -2.37. The van der Waals surface area contributed by atoms with E-state index in [0.29, 0.717) is 23.9 Å². The molecule has 1 unspecified atom stereocenters. The molecule has 0 heterocycles. The van der Waals surface area contributed by atoms with E-state index in [9.17, 15) is 19.0 Å². The summed E-state index contributed by atoms with van der Waals surface area (Å²) in [5.74, 6) is -0.943. The van der Waals surface area contributed by atoms with Crippen molar-refractivity contribution in [2.24, 2.45) is 0 Å². The summed E-state index contributed by atoms with van der Waals surface area (Å²) in [6.07, 6.45) is 53.4. The number of unbranched alkanes of at least 4 members (excludes halogenated alkanes) is 13. The van der Waals surface area contributed by atoms with Crippen molar-refractivity contribution in [1.82, 2.24) is 0 Å². The Morgan fingerprint density at radius 3 is 1.48 bits per heavy atom. The Morgan fingerprint density at radius 2 is 0.983 bits per heavy atom. The normalized spacial score (nSPS) is 14.3. The highest BCUT2D eigenvalue weighted by Gasteiger charge is 2.21. The van der Waals surface area contributed by atoms with Crippen LogP contribution >= 0.6 is 7.82 Å². The number of esters is 2. The van der Waals surface area contributed by atoms with Gasteiger partial charge in [0.2, 0.25) is 0 Å². The molecule has 0 aromatic carbocycles. The largest absolute Gasteiger partial charge is 0.756 e. The lowest BCUT2D eigenvalue weighted by Gasteiger charge is -2.28. The molecular formula is C50H86NO8P. The molecule has 0 spiro atoms. The zero-order valence-corrected chi connectivity index (χ0v) is 39.5. The van der Waals surface area contributed by atoms with E-state index >= 15 is 0 Å². The zero-order chi connectivity index (χ0) is 44.3. The van der Waals surface area contributed by atoms with Gasteiger partial charge in [-0.25, -0.2) is 0 Å². The van der Waals surface area contributed by atoms with Gasteiger partial charge in [-0.15, -0.1) is 0 Å². The smallest absolute Gasteiger partial charge is 0.306 e. The van der Waals surface area contributed by atoms with Crippen LogP contribution in [0.15, 0.2) is 85.1 Å². The molecule has 0 aliphatic heterocycles. The van der Waals surface area contributed by atoms with Gasteiger partial charge in [0.25, 0.3) is 7.82 Å². The number of nitrogens with zero attached hydrogens (tertiary/aromatic N) is 1. The van der Waals surface area contributed by atoms with E-state index in [4.69, 9.17) is 18.5 Å². The van der Waals surface area contributed by atoms with Crippen molar-refractivity contribution < 1.29 is 42.1 Å². The Hall–Kier alpha value is -2.81. The van der Waals surface area contributed by atoms with Crippen LogP contribution in [0.5, 0.6) is 0 Å². The first-order valence-electron chi connectivity index (χ1n) is 23.3. The van der Waals surface area contributed by atoms with Gasteiger partial charge in [0.05, 0.1) is 27.7 Å².